The second-order valence-electron chi connectivity index (χ2n) is 5.36. The Labute approximate surface area is 127 Å². The molecule has 116 valence electrons. The van der Waals surface area contributed by atoms with Crippen LogP contribution in [-0.2, 0) is 9.84 Å². The van der Waals surface area contributed by atoms with E-state index in [9.17, 15) is 17.6 Å². The zero-order valence-corrected chi connectivity index (χ0v) is 12.9. The smallest absolute Gasteiger partial charge is 0.338 e. The van der Waals surface area contributed by atoms with E-state index in [2.05, 4.69) is 0 Å². The third-order valence-corrected chi connectivity index (χ3v) is 5.84. The highest BCUT2D eigenvalue weighted by atomic mass is 35.5. The van der Waals surface area contributed by atoms with Crippen LogP contribution in [0.25, 0.3) is 0 Å². The van der Waals surface area contributed by atoms with Crippen LogP contribution in [0.3, 0.4) is 0 Å². The zero-order valence-electron chi connectivity index (χ0n) is 11.3. The lowest BCUT2D eigenvalue weighted by atomic mass is 9.91. The first-order valence-corrected chi connectivity index (χ1v) is 8.79. The van der Waals surface area contributed by atoms with E-state index in [1.54, 1.807) is 0 Å². The van der Waals surface area contributed by atoms with Crippen molar-refractivity contribution in [3.8, 4) is 0 Å². The van der Waals surface area contributed by atoms with Crippen LogP contribution in [-0.4, -0.2) is 25.2 Å². The summed E-state index contributed by atoms with van der Waals surface area (Å²) < 4.78 is 38.8. The van der Waals surface area contributed by atoms with E-state index >= 15 is 0 Å². The SMILES string of the molecule is O=C(O)c1cc(Cl)cc(S(=O)(=O)CC2CCCCC2)c1F. The van der Waals surface area contributed by atoms with Crippen molar-refractivity contribution in [3.63, 3.8) is 0 Å². The number of aromatic carboxylic acids is 1. The number of carboxylic acid groups (broad SMARTS) is 1. The van der Waals surface area contributed by atoms with E-state index < -0.39 is 32.1 Å². The Balaban J connectivity index is 2.37. The number of rotatable bonds is 4. The quantitative estimate of drug-likeness (QED) is 0.914. The van der Waals surface area contributed by atoms with Gasteiger partial charge in [-0.3, -0.25) is 0 Å². The lowest BCUT2D eigenvalue weighted by Gasteiger charge is -2.21. The van der Waals surface area contributed by atoms with Crippen LogP contribution < -0.4 is 0 Å². The highest BCUT2D eigenvalue weighted by molar-refractivity contribution is 7.91. The molecule has 0 unspecified atom stereocenters. The fraction of sp³-hybridized carbons (Fsp3) is 0.500. The molecule has 0 amide bonds. The summed E-state index contributed by atoms with van der Waals surface area (Å²) in [7, 11) is -3.89. The Bertz CT molecular complexity index is 651. The minimum Gasteiger partial charge on any atom is -0.478 e. The Kier molecular flexibility index (Phi) is 4.88. The van der Waals surface area contributed by atoms with Crippen molar-refractivity contribution in [2.75, 3.05) is 5.75 Å². The van der Waals surface area contributed by atoms with Gasteiger partial charge in [-0.15, -0.1) is 0 Å². The molecule has 0 saturated heterocycles. The predicted molar refractivity (Wildman–Crippen MR) is 77.0 cm³/mol. The molecular formula is C14H16ClFO4S. The van der Waals surface area contributed by atoms with Gasteiger partial charge in [-0.1, -0.05) is 30.9 Å². The molecule has 0 radical (unpaired) electrons. The van der Waals surface area contributed by atoms with Gasteiger partial charge in [0.15, 0.2) is 15.7 Å². The summed E-state index contributed by atoms with van der Waals surface area (Å²) in [5.41, 5.74) is -0.718. The summed E-state index contributed by atoms with van der Waals surface area (Å²) in [6.07, 6.45) is 4.63. The summed E-state index contributed by atoms with van der Waals surface area (Å²) in [4.78, 5) is 10.3. The lowest BCUT2D eigenvalue weighted by molar-refractivity contribution is 0.0691. The topological polar surface area (TPSA) is 71.4 Å². The molecule has 1 aromatic rings. The van der Waals surface area contributed by atoms with Gasteiger partial charge in [0.05, 0.1) is 11.3 Å². The van der Waals surface area contributed by atoms with Crippen LogP contribution in [0.5, 0.6) is 0 Å². The van der Waals surface area contributed by atoms with Gasteiger partial charge < -0.3 is 5.11 Å². The normalized spacial score (nSPS) is 16.9. The second kappa shape index (κ2) is 6.32. The van der Waals surface area contributed by atoms with Gasteiger partial charge in [-0.05, 0) is 30.9 Å². The maximum Gasteiger partial charge on any atom is 0.338 e. The molecule has 7 heteroatoms. The molecule has 1 aromatic carbocycles. The summed E-state index contributed by atoms with van der Waals surface area (Å²) in [5.74, 6) is -2.94. The van der Waals surface area contributed by atoms with Gasteiger partial charge >= 0.3 is 5.97 Å². The molecule has 0 aromatic heterocycles. The van der Waals surface area contributed by atoms with Crippen molar-refractivity contribution in [2.24, 2.45) is 5.92 Å². The van der Waals surface area contributed by atoms with E-state index in [1.165, 1.54) is 0 Å². The van der Waals surface area contributed by atoms with Gasteiger partial charge in [0, 0.05) is 5.02 Å². The van der Waals surface area contributed by atoms with Crippen molar-refractivity contribution in [3.05, 3.63) is 28.5 Å². The maximum absolute atomic E-state index is 14.1. The number of carboxylic acids is 1. The first-order valence-electron chi connectivity index (χ1n) is 6.76. The Hall–Kier alpha value is -1.14. The highest BCUT2D eigenvalue weighted by Gasteiger charge is 2.28. The first-order chi connectivity index (χ1) is 9.81. The van der Waals surface area contributed by atoms with E-state index in [0.717, 1.165) is 44.2 Å². The van der Waals surface area contributed by atoms with Crippen molar-refractivity contribution in [1.82, 2.24) is 0 Å². The number of halogens is 2. The van der Waals surface area contributed by atoms with Gasteiger partial charge in [-0.25, -0.2) is 17.6 Å². The van der Waals surface area contributed by atoms with Gasteiger partial charge in [0.2, 0.25) is 0 Å². The molecule has 1 aliphatic carbocycles. The largest absolute Gasteiger partial charge is 0.478 e. The standard InChI is InChI=1S/C14H16ClFO4S/c15-10-6-11(14(17)18)13(16)12(7-10)21(19,20)8-9-4-2-1-3-5-9/h6-7,9H,1-5,8H2,(H,17,18). The van der Waals surface area contributed by atoms with Crippen molar-refractivity contribution in [2.45, 2.75) is 37.0 Å². The van der Waals surface area contributed by atoms with E-state index in [-0.39, 0.29) is 16.7 Å². The highest BCUT2D eigenvalue weighted by Crippen LogP contribution is 2.30. The lowest BCUT2D eigenvalue weighted by Crippen LogP contribution is -2.20. The fourth-order valence-corrected chi connectivity index (χ4v) is 4.81. The maximum atomic E-state index is 14.1. The Morgan fingerprint density at radius 2 is 1.90 bits per heavy atom. The molecule has 1 saturated carbocycles. The minimum absolute atomic E-state index is 0.00425. The van der Waals surface area contributed by atoms with Gasteiger partial charge in [0.1, 0.15) is 4.90 Å². The van der Waals surface area contributed by atoms with Crippen LogP contribution in [0, 0.1) is 11.7 Å². The molecule has 1 N–H and O–H groups in total. The molecule has 0 bridgehead atoms. The average Bonchev–Trinajstić information content (AvgIpc) is 2.41. The molecule has 4 nitrogen and oxygen atoms in total. The molecular weight excluding hydrogens is 319 g/mol. The van der Waals surface area contributed by atoms with Gasteiger partial charge in [0.25, 0.3) is 0 Å². The van der Waals surface area contributed by atoms with Crippen molar-refractivity contribution in [1.29, 1.82) is 0 Å². The van der Waals surface area contributed by atoms with Crippen molar-refractivity contribution < 1.29 is 22.7 Å². The molecule has 0 spiro atoms. The molecule has 1 fully saturated rings. The van der Waals surface area contributed by atoms with Crippen LogP contribution >= 0.6 is 11.6 Å². The first kappa shape index (κ1) is 16.2. The fourth-order valence-electron chi connectivity index (χ4n) is 2.70. The van der Waals surface area contributed by atoms with Crippen LogP contribution in [0.1, 0.15) is 42.5 Å². The molecule has 0 heterocycles. The summed E-state index contributed by atoms with van der Waals surface area (Å²) in [6, 6.07) is 1.90. The average molecular weight is 335 g/mol. The molecule has 0 atom stereocenters. The monoisotopic (exact) mass is 334 g/mol. The third kappa shape index (κ3) is 3.74. The number of carbonyl (C=O) groups is 1. The number of hydrogen-bond donors (Lipinski definition) is 1. The number of hydrogen-bond acceptors (Lipinski definition) is 3. The van der Waals surface area contributed by atoms with Gasteiger partial charge in [-0.2, -0.15) is 0 Å². The molecule has 21 heavy (non-hydrogen) atoms. The van der Waals surface area contributed by atoms with Crippen LogP contribution in [0.2, 0.25) is 5.02 Å². The summed E-state index contributed by atoms with van der Waals surface area (Å²) >= 11 is 5.72. The van der Waals surface area contributed by atoms with E-state index in [1.807, 2.05) is 0 Å². The Morgan fingerprint density at radius 1 is 1.29 bits per heavy atom. The predicted octanol–water partition coefficient (Wildman–Crippen LogP) is 3.53. The molecule has 1 aliphatic rings. The zero-order chi connectivity index (χ0) is 15.6. The van der Waals surface area contributed by atoms with E-state index in [4.69, 9.17) is 16.7 Å². The van der Waals surface area contributed by atoms with Crippen molar-refractivity contribution >= 4 is 27.4 Å². The third-order valence-electron chi connectivity index (χ3n) is 3.75. The number of benzene rings is 1. The number of sulfone groups is 1. The molecule has 2 rings (SSSR count). The summed E-state index contributed by atoms with van der Waals surface area (Å²) in [5, 5.41) is 8.81. The minimum atomic E-state index is -3.89. The second-order valence-corrected chi connectivity index (χ2v) is 7.80. The van der Waals surface area contributed by atoms with E-state index in [0.29, 0.717) is 0 Å². The molecule has 0 aliphatic heterocycles. The van der Waals surface area contributed by atoms with Crippen LogP contribution in [0.15, 0.2) is 17.0 Å². The Morgan fingerprint density at radius 3 is 2.48 bits per heavy atom. The van der Waals surface area contributed by atoms with Crippen LogP contribution in [0.4, 0.5) is 4.39 Å². The summed E-state index contributed by atoms with van der Waals surface area (Å²) in [6.45, 7) is 0.